The Kier molecular flexibility index (Phi) is 4.24. The summed E-state index contributed by atoms with van der Waals surface area (Å²) in [4.78, 5) is 31.8. The first-order chi connectivity index (χ1) is 9.58. The molecule has 0 aliphatic carbocycles. The molecule has 2 aromatic rings. The van der Waals surface area contributed by atoms with Crippen LogP contribution in [0.15, 0.2) is 30.7 Å². The minimum absolute atomic E-state index is 0.0419. The molecule has 0 aliphatic heterocycles. The van der Waals surface area contributed by atoms with Crippen molar-refractivity contribution in [2.24, 2.45) is 0 Å². The van der Waals surface area contributed by atoms with Gasteiger partial charge < -0.3 is 10.6 Å². The van der Waals surface area contributed by atoms with E-state index in [4.69, 9.17) is 0 Å². The fraction of sp³-hybridized carbons (Fsp3) is 0.286. The number of hydrogen-bond acceptors (Lipinski definition) is 4. The summed E-state index contributed by atoms with van der Waals surface area (Å²) in [6.07, 6.45) is 4.71. The highest BCUT2D eigenvalue weighted by Crippen LogP contribution is 2.13. The van der Waals surface area contributed by atoms with Gasteiger partial charge in [0, 0.05) is 30.0 Å². The molecule has 0 spiro atoms. The van der Waals surface area contributed by atoms with Crippen LogP contribution in [0.4, 0.5) is 0 Å². The lowest BCUT2D eigenvalue weighted by atomic mass is 10.2. The average molecular weight is 272 g/mol. The molecule has 0 fully saturated rings. The van der Waals surface area contributed by atoms with E-state index in [0.29, 0.717) is 11.1 Å². The van der Waals surface area contributed by atoms with E-state index in [1.54, 1.807) is 18.5 Å². The lowest BCUT2D eigenvalue weighted by Gasteiger charge is -2.09. The summed E-state index contributed by atoms with van der Waals surface area (Å²) >= 11 is 0. The van der Waals surface area contributed by atoms with E-state index in [1.165, 1.54) is 6.20 Å². The first-order valence-corrected chi connectivity index (χ1v) is 6.34. The molecule has 0 radical (unpaired) electrons. The number of nitrogens with zero attached hydrogens (tertiary/aromatic N) is 2. The van der Waals surface area contributed by atoms with Crippen LogP contribution in [0.3, 0.4) is 0 Å². The van der Waals surface area contributed by atoms with Crippen LogP contribution in [-0.4, -0.2) is 34.4 Å². The third kappa shape index (κ3) is 3.28. The van der Waals surface area contributed by atoms with Crippen molar-refractivity contribution in [3.63, 3.8) is 0 Å². The molecule has 2 heterocycles. The van der Waals surface area contributed by atoms with Crippen LogP contribution in [0.1, 0.15) is 24.2 Å². The van der Waals surface area contributed by atoms with Crippen LogP contribution in [0, 0.1) is 0 Å². The molecular weight excluding hydrogens is 256 g/mol. The normalized spacial score (nSPS) is 10.6. The molecule has 6 nitrogen and oxygen atoms in total. The highest BCUT2D eigenvalue weighted by atomic mass is 16.2. The van der Waals surface area contributed by atoms with Gasteiger partial charge in [0.1, 0.15) is 0 Å². The van der Waals surface area contributed by atoms with Crippen molar-refractivity contribution >= 4 is 22.7 Å². The van der Waals surface area contributed by atoms with E-state index in [9.17, 15) is 9.59 Å². The molecule has 6 heteroatoms. The van der Waals surface area contributed by atoms with E-state index >= 15 is 0 Å². The molecule has 2 aromatic heterocycles. The molecule has 2 N–H and O–H groups in total. The molecule has 0 bridgehead atoms. The molecule has 0 aromatic carbocycles. The van der Waals surface area contributed by atoms with E-state index in [0.717, 1.165) is 5.39 Å². The number of carbonyl (C=O) groups is 2. The molecule has 0 saturated heterocycles. The van der Waals surface area contributed by atoms with Crippen LogP contribution >= 0.6 is 0 Å². The van der Waals surface area contributed by atoms with Crippen LogP contribution in [0.2, 0.25) is 0 Å². The van der Waals surface area contributed by atoms with Gasteiger partial charge in [-0.1, -0.05) is 0 Å². The Labute approximate surface area is 116 Å². The fourth-order valence-electron chi connectivity index (χ4n) is 1.80. The second-order valence-corrected chi connectivity index (χ2v) is 4.67. The van der Waals surface area contributed by atoms with Crippen molar-refractivity contribution < 1.29 is 9.59 Å². The van der Waals surface area contributed by atoms with E-state index < -0.39 is 0 Å². The number of carbonyl (C=O) groups excluding carboxylic acids is 2. The quantitative estimate of drug-likeness (QED) is 0.865. The zero-order valence-corrected chi connectivity index (χ0v) is 11.4. The smallest absolute Gasteiger partial charge is 0.255 e. The molecular formula is C14H16N4O2. The Balaban J connectivity index is 2.10. The molecule has 2 rings (SSSR count). The molecule has 0 atom stereocenters. The van der Waals surface area contributed by atoms with Crippen LogP contribution in [0.25, 0.3) is 10.9 Å². The Bertz CT molecular complexity index is 635. The van der Waals surface area contributed by atoms with Gasteiger partial charge in [0.05, 0.1) is 17.6 Å². The number of amides is 2. The summed E-state index contributed by atoms with van der Waals surface area (Å²) in [5, 5.41) is 6.05. The average Bonchev–Trinajstić information content (AvgIpc) is 2.43. The molecule has 2 amide bonds. The number of pyridine rings is 2. The summed E-state index contributed by atoms with van der Waals surface area (Å²) in [5.41, 5.74) is 0.935. The largest absolute Gasteiger partial charge is 0.352 e. The second-order valence-electron chi connectivity index (χ2n) is 4.67. The summed E-state index contributed by atoms with van der Waals surface area (Å²) in [6, 6.07) is 3.65. The van der Waals surface area contributed by atoms with Gasteiger partial charge in [-0.05, 0) is 26.0 Å². The summed E-state index contributed by atoms with van der Waals surface area (Å²) < 4.78 is 0. The third-order valence-corrected chi connectivity index (χ3v) is 2.62. The second kappa shape index (κ2) is 6.10. The van der Waals surface area contributed by atoms with Gasteiger partial charge in [-0.25, -0.2) is 0 Å². The predicted octanol–water partition coefficient (Wildman–Crippen LogP) is 0.884. The Morgan fingerprint density at radius 2 is 2.10 bits per heavy atom. The molecule has 0 unspecified atom stereocenters. The predicted molar refractivity (Wildman–Crippen MR) is 75.1 cm³/mol. The van der Waals surface area contributed by atoms with Gasteiger partial charge in [0.25, 0.3) is 5.91 Å². The van der Waals surface area contributed by atoms with Crippen LogP contribution in [0.5, 0.6) is 0 Å². The van der Waals surface area contributed by atoms with Gasteiger partial charge in [-0.3, -0.25) is 19.6 Å². The number of hydrogen-bond donors (Lipinski definition) is 2. The van der Waals surface area contributed by atoms with Crippen molar-refractivity contribution in [3.05, 3.63) is 36.3 Å². The van der Waals surface area contributed by atoms with Gasteiger partial charge in [-0.15, -0.1) is 0 Å². The lowest BCUT2D eigenvalue weighted by molar-refractivity contribution is -0.120. The first-order valence-electron chi connectivity index (χ1n) is 6.34. The minimum Gasteiger partial charge on any atom is -0.352 e. The lowest BCUT2D eigenvalue weighted by Crippen LogP contribution is -2.39. The van der Waals surface area contributed by atoms with Gasteiger partial charge in [0.2, 0.25) is 5.91 Å². The summed E-state index contributed by atoms with van der Waals surface area (Å²) in [6.45, 7) is 3.65. The fourth-order valence-corrected chi connectivity index (χ4v) is 1.80. The number of aromatic nitrogens is 2. The van der Waals surface area contributed by atoms with Crippen LogP contribution in [-0.2, 0) is 4.79 Å². The van der Waals surface area contributed by atoms with Crippen molar-refractivity contribution in [1.29, 1.82) is 0 Å². The maximum absolute atomic E-state index is 12.1. The Morgan fingerprint density at radius 3 is 2.85 bits per heavy atom. The van der Waals surface area contributed by atoms with Gasteiger partial charge in [0.15, 0.2) is 0 Å². The summed E-state index contributed by atoms with van der Waals surface area (Å²) in [5.74, 6) is -0.588. The zero-order chi connectivity index (χ0) is 14.5. The standard InChI is InChI=1S/C14H16N4O2/c1-9(2)18-12(19)8-17-14(20)11-7-15-6-10-4-3-5-16-13(10)11/h3-7,9H,8H2,1-2H3,(H,17,20)(H,18,19). The maximum atomic E-state index is 12.1. The first kappa shape index (κ1) is 13.9. The highest BCUT2D eigenvalue weighted by molar-refractivity contribution is 6.05. The Hall–Kier alpha value is -2.50. The van der Waals surface area contributed by atoms with Crippen molar-refractivity contribution in [2.75, 3.05) is 6.54 Å². The van der Waals surface area contributed by atoms with Crippen LogP contribution < -0.4 is 10.6 Å². The summed E-state index contributed by atoms with van der Waals surface area (Å²) in [7, 11) is 0. The number of nitrogens with one attached hydrogen (secondary N) is 2. The van der Waals surface area contributed by atoms with E-state index in [1.807, 2.05) is 19.9 Å². The van der Waals surface area contributed by atoms with E-state index in [2.05, 4.69) is 20.6 Å². The number of rotatable bonds is 4. The third-order valence-electron chi connectivity index (χ3n) is 2.62. The topological polar surface area (TPSA) is 84.0 Å². The van der Waals surface area contributed by atoms with Gasteiger partial charge in [-0.2, -0.15) is 0 Å². The SMILES string of the molecule is CC(C)NC(=O)CNC(=O)c1cncc2cccnc12. The molecule has 0 aliphatic rings. The molecule has 0 saturated carbocycles. The van der Waals surface area contributed by atoms with Crippen molar-refractivity contribution in [3.8, 4) is 0 Å². The maximum Gasteiger partial charge on any atom is 0.255 e. The van der Waals surface area contributed by atoms with Crippen molar-refractivity contribution in [2.45, 2.75) is 19.9 Å². The monoisotopic (exact) mass is 272 g/mol. The van der Waals surface area contributed by atoms with E-state index in [-0.39, 0.29) is 24.4 Å². The Morgan fingerprint density at radius 1 is 1.30 bits per heavy atom. The zero-order valence-electron chi connectivity index (χ0n) is 11.4. The van der Waals surface area contributed by atoms with Gasteiger partial charge >= 0.3 is 0 Å². The minimum atomic E-state index is -0.360. The highest BCUT2D eigenvalue weighted by Gasteiger charge is 2.12. The molecule has 104 valence electrons. The molecule has 20 heavy (non-hydrogen) atoms. The number of fused-ring (bicyclic) bond motifs is 1. The van der Waals surface area contributed by atoms with Crippen molar-refractivity contribution in [1.82, 2.24) is 20.6 Å².